The van der Waals surface area contributed by atoms with Crippen molar-refractivity contribution in [3.05, 3.63) is 29.8 Å². The first kappa shape index (κ1) is 19.4. The van der Waals surface area contributed by atoms with Crippen LogP contribution in [0.4, 0.5) is 0 Å². The lowest BCUT2D eigenvalue weighted by atomic mass is 9.90. The summed E-state index contributed by atoms with van der Waals surface area (Å²) >= 11 is 0. The molecule has 2 unspecified atom stereocenters. The first-order valence-corrected chi connectivity index (χ1v) is 9.73. The van der Waals surface area contributed by atoms with Gasteiger partial charge in [0.15, 0.2) is 0 Å². The van der Waals surface area contributed by atoms with Crippen molar-refractivity contribution in [1.29, 1.82) is 0 Å². The van der Waals surface area contributed by atoms with E-state index in [9.17, 15) is 23.1 Å². The van der Waals surface area contributed by atoms with Crippen molar-refractivity contribution in [2.45, 2.75) is 38.1 Å². The van der Waals surface area contributed by atoms with Gasteiger partial charge in [-0.3, -0.25) is 9.59 Å². The molecule has 25 heavy (non-hydrogen) atoms. The number of benzene rings is 1. The van der Waals surface area contributed by atoms with E-state index >= 15 is 0 Å². The van der Waals surface area contributed by atoms with Gasteiger partial charge >= 0.3 is 5.97 Å². The number of hydrogen-bond acceptors (Lipinski definition) is 4. The molecule has 1 heterocycles. The van der Waals surface area contributed by atoms with Gasteiger partial charge in [-0.25, -0.2) is 13.1 Å². The van der Waals surface area contributed by atoms with Crippen LogP contribution in [-0.2, 0) is 14.8 Å². The number of carbonyl (C=O) groups is 2. The van der Waals surface area contributed by atoms with Gasteiger partial charge in [0.25, 0.3) is 5.91 Å². The van der Waals surface area contributed by atoms with Crippen molar-refractivity contribution in [3.63, 3.8) is 0 Å². The minimum absolute atomic E-state index is 0.0203. The third-order valence-electron chi connectivity index (χ3n) is 4.08. The number of amides is 1. The average molecular weight is 368 g/mol. The number of carboxylic acid groups (broad SMARTS) is 1. The lowest BCUT2D eigenvalue weighted by Crippen LogP contribution is -2.45. The fourth-order valence-corrected chi connectivity index (χ4v) is 4.35. The molecule has 7 nitrogen and oxygen atoms in total. The maximum Gasteiger partial charge on any atom is 0.308 e. The lowest BCUT2D eigenvalue weighted by Gasteiger charge is -2.34. The van der Waals surface area contributed by atoms with Crippen LogP contribution < -0.4 is 4.72 Å². The van der Waals surface area contributed by atoms with Gasteiger partial charge < -0.3 is 10.0 Å². The Morgan fingerprint density at radius 3 is 2.56 bits per heavy atom. The summed E-state index contributed by atoms with van der Waals surface area (Å²) < 4.78 is 27.0. The van der Waals surface area contributed by atoms with Crippen LogP contribution in [0.3, 0.4) is 0 Å². The fourth-order valence-electron chi connectivity index (χ4n) is 3.05. The highest BCUT2D eigenvalue weighted by Crippen LogP contribution is 2.24. The van der Waals surface area contributed by atoms with E-state index in [1.165, 1.54) is 23.1 Å². The summed E-state index contributed by atoms with van der Waals surface area (Å²) in [5.41, 5.74) is 0.241. The van der Waals surface area contributed by atoms with Crippen molar-refractivity contribution < 1.29 is 23.1 Å². The van der Waals surface area contributed by atoms with E-state index in [1.807, 2.05) is 6.92 Å². The van der Waals surface area contributed by atoms with Crippen LogP contribution >= 0.6 is 0 Å². The molecule has 1 aromatic rings. The Kier molecular flexibility index (Phi) is 5.84. The molecule has 1 saturated heterocycles. The molecule has 0 aliphatic carbocycles. The summed E-state index contributed by atoms with van der Waals surface area (Å²) in [6.07, 6.45) is 0.534. The third-order valence-corrected chi connectivity index (χ3v) is 5.73. The second-order valence-electron chi connectivity index (χ2n) is 6.89. The highest BCUT2D eigenvalue weighted by Gasteiger charge is 2.32. The quantitative estimate of drug-likeness (QED) is 0.821. The van der Waals surface area contributed by atoms with E-state index in [4.69, 9.17) is 0 Å². The molecule has 2 rings (SSSR count). The molecule has 0 spiro atoms. The monoisotopic (exact) mass is 368 g/mol. The van der Waals surface area contributed by atoms with Crippen molar-refractivity contribution in [2.24, 2.45) is 11.8 Å². The molecule has 2 N–H and O–H groups in total. The highest BCUT2D eigenvalue weighted by molar-refractivity contribution is 7.89. The van der Waals surface area contributed by atoms with Gasteiger partial charge in [0.2, 0.25) is 10.0 Å². The average Bonchev–Trinajstić information content (AvgIpc) is 2.52. The molecule has 138 valence electrons. The summed E-state index contributed by atoms with van der Waals surface area (Å²) in [5, 5.41) is 9.24. The normalized spacial score (nSPS) is 21.4. The van der Waals surface area contributed by atoms with E-state index in [0.717, 1.165) is 0 Å². The van der Waals surface area contributed by atoms with E-state index < -0.39 is 21.9 Å². The molecule has 0 bridgehead atoms. The zero-order valence-corrected chi connectivity index (χ0v) is 15.4. The topological polar surface area (TPSA) is 104 Å². The van der Waals surface area contributed by atoms with Gasteiger partial charge in [-0.05, 0) is 44.4 Å². The van der Waals surface area contributed by atoms with E-state index in [2.05, 4.69) is 4.72 Å². The standard InChI is InChI=1S/C17H24N2O5S/c1-11(2)18-25(23,24)15-6-4-5-13(8-15)16(20)19-9-12(3)7-14(10-19)17(21)22/h4-6,8,11-12,14,18H,7,9-10H2,1-3H3,(H,21,22). The molecule has 0 aromatic heterocycles. The SMILES string of the molecule is CC1CC(C(=O)O)CN(C(=O)c2cccc(S(=O)(=O)NC(C)C)c2)C1. The Balaban J connectivity index is 2.25. The maximum absolute atomic E-state index is 12.7. The van der Waals surface area contributed by atoms with Crippen LogP contribution in [0, 0.1) is 11.8 Å². The summed E-state index contributed by atoms with van der Waals surface area (Å²) in [6.45, 7) is 5.94. The van der Waals surface area contributed by atoms with Gasteiger partial charge in [0.05, 0.1) is 10.8 Å². The third kappa shape index (κ3) is 4.79. The second-order valence-corrected chi connectivity index (χ2v) is 8.60. The summed E-state index contributed by atoms with van der Waals surface area (Å²) in [5.74, 6) is -1.78. The molecular weight excluding hydrogens is 344 g/mol. The van der Waals surface area contributed by atoms with Gasteiger partial charge in [-0.15, -0.1) is 0 Å². The second kappa shape index (κ2) is 7.53. The predicted molar refractivity (Wildman–Crippen MR) is 92.7 cm³/mol. The minimum Gasteiger partial charge on any atom is -0.481 e. The molecule has 2 atom stereocenters. The van der Waals surface area contributed by atoms with Gasteiger partial charge in [0, 0.05) is 24.7 Å². The zero-order valence-electron chi connectivity index (χ0n) is 14.6. The Hall–Kier alpha value is -1.93. The number of carboxylic acids is 1. The van der Waals surface area contributed by atoms with E-state index in [-0.39, 0.29) is 34.9 Å². The van der Waals surface area contributed by atoms with Crippen LogP contribution in [0.2, 0.25) is 0 Å². The Labute approximate surface area is 148 Å². The number of nitrogens with one attached hydrogen (secondary N) is 1. The Morgan fingerprint density at radius 2 is 1.96 bits per heavy atom. The number of piperidine rings is 1. The van der Waals surface area contributed by atoms with Crippen LogP contribution in [-0.4, -0.2) is 49.4 Å². The molecule has 1 fully saturated rings. The number of nitrogens with zero attached hydrogens (tertiary/aromatic N) is 1. The Morgan fingerprint density at radius 1 is 1.28 bits per heavy atom. The molecule has 8 heteroatoms. The number of aliphatic carboxylic acids is 1. The summed E-state index contributed by atoms with van der Waals surface area (Å²) in [7, 11) is -3.70. The number of likely N-dealkylation sites (tertiary alicyclic amines) is 1. The van der Waals surface area contributed by atoms with Crippen molar-refractivity contribution in [2.75, 3.05) is 13.1 Å². The van der Waals surface area contributed by atoms with E-state index in [1.54, 1.807) is 19.9 Å². The summed E-state index contributed by atoms with van der Waals surface area (Å²) in [4.78, 5) is 25.5. The first-order valence-electron chi connectivity index (χ1n) is 8.24. The van der Waals surface area contributed by atoms with Gasteiger partial charge in [-0.2, -0.15) is 0 Å². The molecule has 1 aliphatic heterocycles. The molecule has 0 saturated carbocycles. The molecule has 0 radical (unpaired) electrons. The first-order chi connectivity index (χ1) is 11.6. The van der Waals surface area contributed by atoms with Gasteiger partial charge in [0.1, 0.15) is 0 Å². The molecule has 1 aliphatic rings. The lowest BCUT2D eigenvalue weighted by molar-refractivity contribution is -0.143. The van der Waals surface area contributed by atoms with Gasteiger partial charge in [-0.1, -0.05) is 13.0 Å². The number of sulfonamides is 1. The van der Waals surface area contributed by atoms with Crippen LogP contribution in [0.15, 0.2) is 29.2 Å². The zero-order chi connectivity index (χ0) is 18.8. The van der Waals surface area contributed by atoms with Crippen LogP contribution in [0.1, 0.15) is 37.6 Å². The molecule has 1 aromatic carbocycles. The predicted octanol–water partition coefficient (Wildman–Crippen LogP) is 1.56. The van der Waals surface area contributed by atoms with Crippen LogP contribution in [0.25, 0.3) is 0 Å². The smallest absolute Gasteiger partial charge is 0.308 e. The van der Waals surface area contributed by atoms with Crippen molar-refractivity contribution >= 4 is 21.9 Å². The van der Waals surface area contributed by atoms with Crippen molar-refractivity contribution in [3.8, 4) is 0 Å². The molecular formula is C17H24N2O5S. The number of carbonyl (C=O) groups excluding carboxylic acids is 1. The highest BCUT2D eigenvalue weighted by atomic mass is 32.2. The van der Waals surface area contributed by atoms with Crippen molar-refractivity contribution in [1.82, 2.24) is 9.62 Å². The minimum atomic E-state index is -3.70. The van der Waals surface area contributed by atoms with E-state index in [0.29, 0.717) is 13.0 Å². The molecule has 1 amide bonds. The maximum atomic E-state index is 12.7. The largest absolute Gasteiger partial charge is 0.481 e. The number of hydrogen-bond donors (Lipinski definition) is 2. The Bertz CT molecular complexity index is 760. The number of rotatable bonds is 5. The van der Waals surface area contributed by atoms with Crippen LogP contribution in [0.5, 0.6) is 0 Å². The summed E-state index contributed by atoms with van der Waals surface area (Å²) in [6, 6.07) is 5.57. The fraction of sp³-hybridized carbons (Fsp3) is 0.529.